The van der Waals surface area contributed by atoms with Crippen LogP contribution in [-0.2, 0) is 21.2 Å². The molecular weight excluding hydrogens is 432 g/mol. The van der Waals surface area contributed by atoms with E-state index in [0.717, 1.165) is 5.56 Å². The van der Waals surface area contributed by atoms with Gasteiger partial charge in [0.1, 0.15) is 5.75 Å². The molecule has 0 fully saturated rings. The van der Waals surface area contributed by atoms with E-state index in [1.165, 1.54) is 19.2 Å². The molecule has 0 radical (unpaired) electrons. The third-order valence-electron chi connectivity index (χ3n) is 5.07. The molecule has 0 spiro atoms. The van der Waals surface area contributed by atoms with Crippen LogP contribution < -0.4 is 24.2 Å². The molecule has 0 aliphatic heterocycles. The highest BCUT2D eigenvalue weighted by molar-refractivity contribution is 7.89. The number of hydrogen-bond donors (Lipinski definition) is 2. The lowest BCUT2D eigenvalue weighted by atomic mass is 10.0. The molecule has 0 heterocycles. The molecular formula is C23H32N2O6S. The summed E-state index contributed by atoms with van der Waals surface area (Å²) in [5.74, 6) is 1.55. The first-order valence-corrected chi connectivity index (χ1v) is 11.8. The van der Waals surface area contributed by atoms with Gasteiger partial charge in [0.2, 0.25) is 15.9 Å². The van der Waals surface area contributed by atoms with Crippen LogP contribution in [0.25, 0.3) is 0 Å². The fraction of sp³-hybridized carbons (Fsp3) is 0.435. The quantitative estimate of drug-likeness (QED) is 0.501. The molecule has 1 amide bonds. The number of amides is 1. The third-order valence-corrected chi connectivity index (χ3v) is 6.58. The third kappa shape index (κ3) is 7.13. The highest BCUT2D eigenvalue weighted by atomic mass is 32.2. The van der Waals surface area contributed by atoms with Crippen molar-refractivity contribution in [1.29, 1.82) is 0 Å². The lowest BCUT2D eigenvalue weighted by Gasteiger charge is -2.22. The van der Waals surface area contributed by atoms with E-state index in [4.69, 9.17) is 14.2 Å². The summed E-state index contributed by atoms with van der Waals surface area (Å²) in [5, 5.41) is 2.86. The van der Waals surface area contributed by atoms with Crippen LogP contribution >= 0.6 is 0 Å². The van der Waals surface area contributed by atoms with Gasteiger partial charge in [-0.05, 0) is 54.3 Å². The molecule has 0 saturated heterocycles. The summed E-state index contributed by atoms with van der Waals surface area (Å²) in [7, 11) is 0.897. The zero-order chi connectivity index (χ0) is 23.7. The van der Waals surface area contributed by atoms with Crippen molar-refractivity contribution < 1.29 is 27.4 Å². The minimum atomic E-state index is -3.76. The predicted molar refractivity (Wildman–Crippen MR) is 123 cm³/mol. The number of benzene rings is 2. The van der Waals surface area contributed by atoms with Crippen molar-refractivity contribution in [3.05, 3.63) is 48.0 Å². The number of carbonyl (C=O) groups excluding carboxylic acids is 1. The maximum atomic E-state index is 12.7. The monoisotopic (exact) mass is 464 g/mol. The number of ether oxygens (including phenoxy) is 3. The molecule has 9 heteroatoms. The molecule has 176 valence electrons. The van der Waals surface area contributed by atoms with E-state index < -0.39 is 16.1 Å². The smallest absolute Gasteiger partial charge is 0.240 e. The van der Waals surface area contributed by atoms with Crippen LogP contribution in [0.5, 0.6) is 17.2 Å². The van der Waals surface area contributed by atoms with Crippen LogP contribution in [0.3, 0.4) is 0 Å². The van der Waals surface area contributed by atoms with Crippen LogP contribution in [0.15, 0.2) is 47.4 Å². The fourth-order valence-corrected chi connectivity index (χ4v) is 4.47. The molecule has 2 N–H and O–H groups in total. The van der Waals surface area contributed by atoms with Crippen molar-refractivity contribution in [3.8, 4) is 17.2 Å². The minimum absolute atomic E-state index is 0.0407. The molecule has 8 nitrogen and oxygen atoms in total. The molecule has 2 rings (SSSR count). The van der Waals surface area contributed by atoms with E-state index >= 15 is 0 Å². The van der Waals surface area contributed by atoms with Gasteiger partial charge in [-0.1, -0.05) is 19.9 Å². The second-order valence-corrected chi connectivity index (χ2v) is 9.35. The molecule has 0 aliphatic carbocycles. The molecule has 0 unspecified atom stereocenters. The number of methoxy groups -OCH3 is 3. The van der Waals surface area contributed by atoms with E-state index in [1.54, 1.807) is 26.4 Å². The Morgan fingerprint density at radius 3 is 2.16 bits per heavy atom. The zero-order valence-corrected chi connectivity index (χ0v) is 20.0. The van der Waals surface area contributed by atoms with Crippen LogP contribution in [0.2, 0.25) is 0 Å². The SMILES string of the molecule is COc1ccc(S(=O)(=O)N[C@H](CC(=O)NCCc2ccc(OC)c(OC)c2)C(C)C)cc1. The molecule has 2 aromatic rings. The van der Waals surface area contributed by atoms with Crippen molar-refractivity contribution >= 4 is 15.9 Å². The average molecular weight is 465 g/mol. The van der Waals surface area contributed by atoms with E-state index in [0.29, 0.717) is 30.2 Å². The largest absolute Gasteiger partial charge is 0.497 e. The van der Waals surface area contributed by atoms with Crippen LogP contribution in [0, 0.1) is 5.92 Å². The topological polar surface area (TPSA) is 103 Å². The number of hydrogen-bond acceptors (Lipinski definition) is 6. The van der Waals surface area contributed by atoms with Crippen LogP contribution in [-0.4, -0.2) is 48.2 Å². The molecule has 32 heavy (non-hydrogen) atoms. The summed E-state index contributed by atoms with van der Waals surface area (Å²) < 4.78 is 43.7. The Hall–Kier alpha value is -2.78. The number of carbonyl (C=O) groups is 1. The van der Waals surface area contributed by atoms with Crippen molar-refractivity contribution in [2.45, 2.75) is 37.6 Å². The van der Waals surface area contributed by atoms with Gasteiger partial charge < -0.3 is 19.5 Å². The maximum absolute atomic E-state index is 12.7. The molecule has 0 saturated carbocycles. The van der Waals surface area contributed by atoms with Gasteiger partial charge in [-0.3, -0.25) is 4.79 Å². The van der Waals surface area contributed by atoms with E-state index in [2.05, 4.69) is 10.0 Å². The van der Waals surface area contributed by atoms with Crippen molar-refractivity contribution in [3.63, 3.8) is 0 Å². The number of rotatable bonds is 12. The van der Waals surface area contributed by atoms with Crippen molar-refractivity contribution in [1.82, 2.24) is 10.0 Å². The second kappa shape index (κ2) is 11.7. The Morgan fingerprint density at radius 1 is 0.938 bits per heavy atom. The van der Waals surface area contributed by atoms with Crippen LogP contribution in [0.1, 0.15) is 25.8 Å². The highest BCUT2D eigenvalue weighted by Crippen LogP contribution is 2.27. The van der Waals surface area contributed by atoms with Gasteiger partial charge >= 0.3 is 0 Å². The van der Waals surface area contributed by atoms with Gasteiger partial charge in [0.05, 0.1) is 26.2 Å². The summed E-state index contributed by atoms with van der Waals surface area (Å²) in [6.07, 6.45) is 0.648. The lowest BCUT2D eigenvalue weighted by Crippen LogP contribution is -2.42. The van der Waals surface area contributed by atoms with Gasteiger partial charge in [0.15, 0.2) is 11.5 Å². The van der Waals surface area contributed by atoms with Crippen molar-refractivity contribution in [2.75, 3.05) is 27.9 Å². The molecule has 1 atom stereocenters. The van der Waals surface area contributed by atoms with Crippen LogP contribution in [0.4, 0.5) is 0 Å². The summed E-state index contributed by atoms with van der Waals surface area (Å²) >= 11 is 0. The summed E-state index contributed by atoms with van der Waals surface area (Å²) in [5.41, 5.74) is 0.989. The van der Waals surface area contributed by atoms with Crippen molar-refractivity contribution in [2.24, 2.45) is 5.92 Å². The predicted octanol–water partition coefficient (Wildman–Crippen LogP) is 2.76. The summed E-state index contributed by atoms with van der Waals surface area (Å²) in [4.78, 5) is 12.6. The molecule has 0 bridgehead atoms. The standard InChI is InChI=1S/C23H32N2O6S/c1-16(2)20(25-32(27,28)19-9-7-18(29-3)8-10-19)15-23(26)24-13-12-17-6-11-21(30-4)22(14-17)31-5/h6-11,14,16,20,25H,12-13,15H2,1-5H3,(H,24,26)/t20-/m1/s1. The van der Waals surface area contributed by atoms with E-state index in [-0.39, 0.29) is 23.1 Å². The first-order chi connectivity index (χ1) is 15.2. The van der Waals surface area contributed by atoms with Gasteiger partial charge in [-0.25, -0.2) is 13.1 Å². The first kappa shape index (κ1) is 25.5. The molecule has 2 aromatic carbocycles. The lowest BCUT2D eigenvalue weighted by molar-refractivity contribution is -0.121. The Bertz CT molecular complexity index is 990. The van der Waals surface area contributed by atoms with Gasteiger partial charge in [-0.15, -0.1) is 0 Å². The summed E-state index contributed by atoms with van der Waals surface area (Å²) in [6.45, 7) is 4.17. The minimum Gasteiger partial charge on any atom is -0.497 e. The Morgan fingerprint density at radius 2 is 1.59 bits per heavy atom. The zero-order valence-electron chi connectivity index (χ0n) is 19.2. The average Bonchev–Trinajstić information content (AvgIpc) is 2.78. The normalized spacial score (nSPS) is 12.3. The number of nitrogens with one attached hydrogen (secondary N) is 2. The van der Waals surface area contributed by atoms with E-state index in [9.17, 15) is 13.2 Å². The van der Waals surface area contributed by atoms with Gasteiger partial charge in [0.25, 0.3) is 0 Å². The molecule has 0 aromatic heterocycles. The van der Waals surface area contributed by atoms with Gasteiger partial charge in [-0.2, -0.15) is 0 Å². The van der Waals surface area contributed by atoms with E-state index in [1.807, 2.05) is 32.0 Å². The highest BCUT2D eigenvalue weighted by Gasteiger charge is 2.24. The fourth-order valence-electron chi connectivity index (χ4n) is 3.09. The summed E-state index contributed by atoms with van der Waals surface area (Å²) in [6, 6.07) is 11.2. The second-order valence-electron chi connectivity index (χ2n) is 7.64. The Labute approximate surface area is 190 Å². The first-order valence-electron chi connectivity index (χ1n) is 10.3. The maximum Gasteiger partial charge on any atom is 0.240 e. The van der Waals surface area contributed by atoms with Gasteiger partial charge in [0, 0.05) is 19.0 Å². The number of sulfonamides is 1. The Kier molecular flexibility index (Phi) is 9.34. The Balaban J connectivity index is 1.93. The molecule has 0 aliphatic rings.